The Morgan fingerprint density at radius 2 is 1.70 bits per heavy atom. The fraction of sp³-hybridized carbons (Fsp3) is 0.471. The van der Waals surface area contributed by atoms with Gasteiger partial charge in [-0.15, -0.1) is 0 Å². The van der Waals surface area contributed by atoms with E-state index in [1.54, 1.807) is 15.2 Å². The third kappa shape index (κ3) is 3.19. The molecule has 1 aliphatic rings. The molecule has 2 aromatic rings. The van der Waals surface area contributed by atoms with Gasteiger partial charge in [0, 0.05) is 30.9 Å². The molecule has 3 rings (SSSR count). The molecule has 1 aromatic carbocycles. The summed E-state index contributed by atoms with van der Waals surface area (Å²) in [5.74, 6) is 0. The number of hydrogen-bond acceptors (Lipinski definition) is 3. The van der Waals surface area contributed by atoms with Gasteiger partial charge in [0.25, 0.3) is 0 Å². The second-order valence-electron chi connectivity index (χ2n) is 6.25. The standard InChI is InChI=1S/C17H23N3O2S/c1-14(2)20-13-16(17(18-20)15-9-5-3-6-10-15)23(21,22)19-11-7-4-8-12-19/h3,5-6,9-10,13-14H,4,7-8,11-12H2,1-2H3. The molecule has 0 N–H and O–H groups in total. The Labute approximate surface area is 138 Å². The first-order chi connectivity index (χ1) is 11.0. The molecule has 1 aromatic heterocycles. The molecule has 0 bridgehead atoms. The van der Waals surface area contributed by atoms with Crippen molar-refractivity contribution < 1.29 is 8.42 Å². The van der Waals surface area contributed by atoms with E-state index in [1.165, 1.54) is 0 Å². The topological polar surface area (TPSA) is 55.2 Å². The molecule has 5 nitrogen and oxygen atoms in total. The van der Waals surface area contributed by atoms with Gasteiger partial charge in [-0.2, -0.15) is 9.40 Å². The highest BCUT2D eigenvalue weighted by Gasteiger charge is 2.31. The van der Waals surface area contributed by atoms with Crippen molar-refractivity contribution in [2.24, 2.45) is 0 Å². The van der Waals surface area contributed by atoms with Gasteiger partial charge in [-0.3, -0.25) is 4.68 Å². The molecule has 1 saturated heterocycles. The van der Waals surface area contributed by atoms with Gasteiger partial charge in [-0.1, -0.05) is 36.8 Å². The molecule has 0 spiro atoms. The second-order valence-corrected chi connectivity index (χ2v) is 8.15. The van der Waals surface area contributed by atoms with E-state index in [4.69, 9.17) is 0 Å². The van der Waals surface area contributed by atoms with Gasteiger partial charge in [-0.25, -0.2) is 8.42 Å². The van der Waals surface area contributed by atoms with Gasteiger partial charge in [-0.05, 0) is 26.7 Å². The highest BCUT2D eigenvalue weighted by molar-refractivity contribution is 7.89. The summed E-state index contributed by atoms with van der Waals surface area (Å²) in [6, 6.07) is 9.65. The SMILES string of the molecule is CC(C)n1cc(S(=O)(=O)N2CCCCC2)c(-c2ccccc2)n1. The monoisotopic (exact) mass is 333 g/mol. The van der Waals surface area contributed by atoms with Crippen molar-refractivity contribution in [3.05, 3.63) is 36.5 Å². The minimum atomic E-state index is -3.50. The minimum Gasteiger partial charge on any atom is -0.268 e. The van der Waals surface area contributed by atoms with E-state index < -0.39 is 10.0 Å². The van der Waals surface area contributed by atoms with E-state index in [2.05, 4.69) is 5.10 Å². The molecule has 1 aliphatic heterocycles. The zero-order chi connectivity index (χ0) is 16.4. The van der Waals surface area contributed by atoms with Crippen LogP contribution >= 0.6 is 0 Å². The van der Waals surface area contributed by atoms with Crippen LogP contribution in [0.4, 0.5) is 0 Å². The molecule has 23 heavy (non-hydrogen) atoms. The second kappa shape index (κ2) is 6.45. The van der Waals surface area contributed by atoms with Crippen LogP contribution in [0.3, 0.4) is 0 Å². The zero-order valence-electron chi connectivity index (χ0n) is 13.6. The lowest BCUT2D eigenvalue weighted by molar-refractivity contribution is 0.346. The van der Waals surface area contributed by atoms with Crippen LogP contribution in [0.5, 0.6) is 0 Å². The van der Waals surface area contributed by atoms with E-state index in [9.17, 15) is 8.42 Å². The van der Waals surface area contributed by atoms with Crippen LogP contribution in [-0.2, 0) is 10.0 Å². The summed E-state index contributed by atoms with van der Waals surface area (Å²) >= 11 is 0. The highest BCUT2D eigenvalue weighted by atomic mass is 32.2. The summed E-state index contributed by atoms with van der Waals surface area (Å²) in [6.45, 7) is 5.20. The predicted molar refractivity (Wildman–Crippen MR) is 90.7 cm³/mol. The number of sulfonamides is 1. The molecule has 0 unspecified atom stereocenters. The van der Waals surface area contributed by atoms with Crippen LogP contribution in [0.1, 0.15) is 39.2 Å². The molecular weight excluding hydrogens is 310 g/mol. The molecule has 1 fully saturated rings. The minimum absolute atomic E-state index is 0.114. The summed E-state index contributed by atoms with van der Waals surface area (Å²) in [7, 11) is -3.50. The summed E-state index contributed by atoms with van der Waals surface area (Å²) in [4.78, 5) is 0.319. The van der Waals surface area contributed by atoms with Crippen molar-refractivity contribution in [3.63, 3.8) is 0 Å². The van der Waals surface area contributed by atoms with Crippen LogP contribution in [0, 0.1) is 0 Å². The molecule has 0 aliphatic carbocycles. The number of nitrogens with zero attached hydrogens (tertiary/aromatic N) is 3. The van der Waals surface area contributed by atoms with E-state index >= 15 is 0 Å². The summed E-state index contributed by atoms with van der Waals surface area (Å²) in [5, 5.41) is 4.55. The van der Waals surface area contributed by atoms with Crippen molar-refractivity contribution in [1.29, 1.82) is 0 Å². The number of benzene rings is 1. The lowest BCUT2D eigenvalue weighted by Crippen LogP contribution is -2.35. The normalized spacial score (nSPS) is 16.8. The first-order valence-electron chi connectivity index (χ1n) is 8.15. The third-order valence-corrected chi connectivity index (χ3v) is 6.11. The average Bonchev–Trinajstić information content (AvgIpc) is 3.03. The highest BCUT2D eigenvalue weighted by Crippen LogP contribution is 2.30. The maximum atomic E-state index is 13.1. The maximum Gasteiger partial charge on any atom is 0.246 e. The van der Waals surface area contributed by atoms with E-state index in [0.29, 0.717) is 23.7 Å². The number of piperidine rings is 1. The van der Waals surface area contributed by atoms with Crippen LogP contribution in [0.2, 0.25) is 0 Å². The van der Waals surface area contributed by atoms with E-state index in [0.717, 1.165) is 24.8 Å². The van der Waals surface area contributed by atoms with Gasteiger partial charge >= 0.3 is 0 Å². The van der Waals surface area contributed by atoms with Gasteiger partial charge in [0.2, 0.25) is 10.0 Å². The summed E-state index contributed by atoms with van der Waals surface area (Å²) in [5.41, 5.74) is 1.38. The quantitative estimate of drug-likeness (QED) is 0.862. The Kier molecular flexibility index (Phi) is 4.55. The molecule has 2 heterocycles. The van der Waals surface area contributed by atoms with Crippen molar-refractivity contribution in [2.75, 3.05) is 13.1 Å². The molecule has 0 saturated carbocycles. The van der Waals surface area contributed by atoms with E-state index in [-0.39, 0.29) is 6.04 Å². The largest absolute Gasteiger partial charge is 0.268 e. The Morgan fingerprint density at radius 3 is 2.30 bits per heavy atom. The summed E-state index contributed by atoms with van der Waals surface area (Å²) in [6.07, 6.45) is 4.64. The Morgan fingerprint density at radius 1 is 1.04 bits per heavy atom. The number of hydrogen-bond donors (Lipinski definition) is 0. The van der Waals surface area contributed by atoms with Crippen LogP contribution < -0.4 is 0 Å². The Hall–Kier alpha value is -1.66. The molecule has 0 radical (unpaired) electrons. The van der Waals surface area contributed by atoms with Crippen molar-refractivity contribution in [2.45, 2.75) is 44.0 Å². The third-order valence-electron chi connectivity index (χ3n) is 4.21. The van der Waals surface area contributed by atoms with Gasteiger partial charge in [0.15, 0.2) is 0 Å². The van der Waals surface area contributed by atoms with Crippen molar-refractivity contribution in [1.82, 2.24) is 14.1 Å². The van der Waals surface area contributed by atoms with Crippen LogP contribution in [0.25, 0.3) is 11.3 Å². The van der Waals surface area contributed by atoms with E-state index in [1.807, 2.05) is 44.2 Å². The lowest BCUT2D eigenvalue weighted by Gasteiger charge is -2.25. The molecule has 6 heteroatoms. The molecule has 124 valence electrons. The molecule has 0 atom stereocenters. The number of aromatic nitrogens is 2. The maximum absolute atomic E-state index is 13.1. The number of rotatable bonds is 4. The van der Waals surface area contributed by atoms with Crippen molar-refractivity contribution in [3.8, 4) is 11.3 Å². The lowest BCUT2D eigenvalue weighted by atomic mass is 10.2. The van der Waals surface area contributed by atoms with Gasteiger partial charge in [0.05, 0.1) is 0 Å². The van der Waals surface area contributed by atoms with Gasteiger partial charge < -0.3 is 0 Å². The van der Waals surface area contributed by atoms with Crippen LogP contribution in [0.15, 0.2) is 41.4 Å². The Balaban J connectivity index is 2.10. The van der Waals surface area contributed by atoms with Gasteiger partial charge in [0.1, 0.15) is 10.6 Å². The van der Waals surface area contributed by atoms with Crippen LogP contribution in [-0.4, -0.2) is 35.6 Å². The average molecular weight is 333 g/mol. The fourth-order valence-electron chi connectivity index (χ4n) is 2.87. The van der Waals surface area contributed by atoms with Crippen molar-refractivity contribution >= 4 is 10.0 Å². The summed E-state index contributed by atoms with van der Waals surface area (Å²) < 4.78 is 29.5. The molecular formula is C17H23N3O2S. The fourth-order valence-corrected chi connectivity index (χ4v) is 4.53. The Bertz CT molecular complexity index is 760. The zero-order valence-corrected chi connectivity index (χ0v) is 14.5. The smallest absolute Gasteiger partial charge is 0.246 e. The predicted octanol–water partition coefficient (Wildman–Crippen LogP) is 3.31. The first kappa shape index (κ1) is 16.2. The first-order valence-corrected chi connectivity index (χ1v) is 9.59. The molecule has 0 amide bonds.